The topological polar surface area (TPSA) is 72.3 Å². The Bertz CT molecular complexity index is 1050. The minimum atomic E-state index is -4.44. The molecule has 0 spiro atoms. The second kappa shape index (κ2) is 9.40. The molecule has 1 fully saturated rings. The van der Waals surface area contributed by atoms with Crippen LogP contribution in [-0.4, -0.2) is 58.6 Å². The fraction of sp³-hybridized carbons (Fsp3) is 0.600. The van der Waals surface area contributed by atoms with Crippen LogP contribution in [0.3, 0.4) is 0 Å². The van der Waals surface area contributed by atoms with E-state index < -0.39 is 21.6 Å². The molecule has 0 N–H and O–H groups in total. The molecule has 6 nitrogen and oxygen atoms in total. The van der Waals surface area contributed by atoms with E-state index in [0.29, 0.717) is 48.5 Å². The van der Waals surface area contributed by atoms with Gasteiger partial charge in [0.25, 0.3) is 0 Å². The Morgan fingerprint density at radius 1 is 1.29 bits per heavy atom. The fourth-order valence-corrected chi connectivity index (χ4v) is 6.47. The summed E-state index contributed by atoms with van der Waals surface area (Å²) < 4.78 is 64.8. The molecule has 2 heterocycles. The number of halogens is 3. The maximum absolute atomic E-state index is 13.1. The minimum Gasteiger partial charge on any atom is -0.338 e. The van der Waals surface area contributed by atoms with E-state index >= 15 is 0 Å². The van der Waals surface area contributed by atoms with Gasteiger partial charge in [-0.25, -0.2) is 13.4 Å². The number of aryl methyl sites for hydroxylation is 1. The Kier molecular flexibility index (Phi) is 7.25. The summed E-state index contributed by atoms with van der Waals surface area (Å²) in [6, 6.07) is 3.14. The van der Waals surface area contributed by atoms with Crippen molar-refractivity contribution in [1.29, 1.82) is 0 Å². The smallest absolute Gasteiger partial charge is 0.338 e. The van der Waals surface area contributed by atoms with Crippen molar-refractivity contribution >= 4 is 38.5 Å². The third kappa shape index (κ3) is 5.54. The lowest BCUT2D eigenvalue weighted by Crippen LogP contribution is -2.42. The van der Waals surface area contributed by atoms with Crippen LogP contribution >= 0.6 is 11.8 Å². The quantitative estimate of drug-likeness (QED) is 0.538. The largest absolute Gasteiger partial charge is 0.416 e. The molecule has 1 aromatic heterocycles. The maximum Gasteiger partial charge on any atom is 0.416 e. The van der Waals surface area contributed by atoms with E-state index in [1.807, 2.05) is 13.8 Å². The predicted octanol–water partition coefficient (Wildman–Crippen LogP) is 3.98. The minimum absolute atomic E-state index is 0.0159. The summed E-state index contributed by atoms with van der Waals surface area (Å²) in [6.07, 6.45) is -2.60. The number of aromatic nitrogens is 2. The average Bonchev–Trinajstić information content (AvgIpc) is 3.23. The van der Waals surface area contributed by atoms with Crippen LogP contribution < -0.4 is 0 Å². The van der Waals surface area contributed by atoms with Crippen LogP contribution in [0.2, 0.25) is 0 Å². The van der Waals surface area contributed by atoms with Crippen LogP contribution in [0.15, 0.2) is 23.4 Å². The van der Waals surface area contributed by atoms with Crippen LogP contribution in [-0.2, 0) is 27.4 Å². The maximum atomic E-state index is 13.1. The molecular weight excluding hydrogens is 451 g/mol. The van der Waals surface area contributed by atoms with Gasteiger partial charge in [-0.05, 0) is 37.5 Å². The molecule has 0 saturated carbocycles. The Morgan fingerprint density at radius 3 is 2.61 bits per heavy atom. The van der Waals surface area contributed by atoms with E-state index in [2.05, 4.69) is 4.98 Å². The number of carbonyl (C=O) groups excluding carboxylic acids is 1. The Morgan fingerprint density at radius 2 is 2.03 bits per heavy atom. The van der Waals surface area contributed by atoms with Crippen molar-refractivity contribution in [3.8, 4) is 0 Å². The summed E-state index contributed by atoms with van der Waals surface area (Å²) in [7, 11) is -3.12. The van der Waals surface area contributed by atoms with Gasteiger partial charge in [0, 0.05) is 19.1 Å². The zero-order chi connectivity index (χ0) is 22.8. The van der Waals surface area contributed by atoms with Gasteiger partial charge in [-0.2, -0.15) is 13.2 Å². The summed E-state index contributed by atoms with van der Waals surface area (Å²) >= 11 is 1.18. The summed E-state index contributed by atoms with van der Waals surface area (Å²) in [5.74, 6) is -0.0557. The number of alkyl halides is 3. The first-order valence-electron chi connectivity index (χ1n) is 10.3. The average molecular weight is 478 g/mol. The number of imidazole rings is 1. The van der Waals surface area contributed by atoms with Crippen LogP contribution in [0.5, 0.6) is 0 Å². The third-order valence-corrected chi connectivity index (χ3v) is 7.96. The molecule has 0 radical (unpaired) electrons. The van der Waals surface area contributed by atoms with Gasteiger partial charge in [0.1, 0.15) is 0 Å². The van der Waals surface area contributed by atoms with Crippen molar-refractivity contribution in [3.05, 3.63) is 23.8 Å². The first-order chi connectivity index (χ1) is 14.6. The molecular formula is C20H26F3N3O3S2. The fourth-order valence-electron chi connectivity index (χ4n) is 3.81. The Labute approximate surface area is 184 Å². The molecule has 1 aromatic carbocycles. The number of sulfone groups is 1. The highest BCUT2D eigenvalue weighted by Crippen LogP contribution is 2.33. The van der Waals surface area contributed by atoms with Crippen LogP contribution in [0.25, 0.3) is 11.0 Å². The van der Waals surface area contributed by atoms with Gasteiger partial charge in [0.15, 0.2) is 15.0 Å². The lowest BCUT2D eigenvalue weighted by molar-refractivity contribution is -0.137. The van der Waals surface area contributed by atoms with Crippen molar-refractivity contribution in [3.63, 3.8) is 0 Å². The summed E-state index contributed by atoms with van der Waals surface area (Å²) in [5, 5.41) is 0.486. The van der Waals surface area contributed by atoms with Crippen LogP contribution in [0.4, 0.5) is 13.2 Å². The molecule has 1 amide bonds. The number of rotatable bonds is 8. The summed E-state index contributed by atoms with van der Waals surface area (Å²) in [4.78, 5) is 19.0. The van der Waals surface area contributed by atoms with Gasteiger partial charge >= 0.3 is 6.18 Å². The van der Waals surface area contributed by atoms with E-state index in [0.717, 1.165) is 12.1 Å². The summed E-state index contributed by atoms with van der Waals surface area (Å²) in [6.45, 7) is 4.80. The van der Waals surface area contributed by atoms with Crippen LogP contribution in [0, 0.1) is 0 Å². The molecule has 0 bridgehead atoms. The molecule has 172 valence electrons. The Hall–Kier alpha value is -1.75. The van der Waals surface area contributed by atoms with Gasteiger partial charge in [-0.3, -0.25) is 4.79 Å². The zero-order valence-corrected chi connectivity index (χ0v) is 19.1. The number of fused-ring (bicyclic) bond motifs is 1. The summed E-state index contributed by atoms with van der Waals surface area (Å²) in [5.41, 5.74) is 0.101. The van der Waals surface area contributed by atoms with Crippen molar-refractivity contribution < 1.29 is 26.4 Å². The second-order valence-electron chi connectivity index (χ2n) is 7.68. The first-order valence-corrected chi connectivity index (χ1v) is 13.1. The van der Waals surface area contributed by atoms with Gasteiger partial charge in [-0.1, -0.05) is 25.6 Å². The van der Waals surface area contributed by atoms with Crippen molar-refractivity contribution in [1.82, 2.24) is 14.5 Å². The predicted molar refractivity (Wildman–Crippen MR) is 115 cm³/mol. The number of carbonyl (C=O) groups is 1. The van der Waals surface area contributed by atoms with Gasteiger partial charge < -0.3 is 9.47 Å². The van der Waals surface area contributed by atoms with E-state index in [9.17, 15) is 26.4 Å². The van der Waals surface area contributed by atoms with Gasteiger partial charge in [-0.15, -0.1) is 0 Å². The third-order valence-electron chi connectivity index (χ3n) is 5.25. The molecule has 3 rings (SSSR count). The number of hydrogen-bond donors (Lipinski definition) is 0. The number of hydrogen-bond acceptors (Lipinski definition) is 5. The Balaban J connectivity index is 1.81. The zero-order valence-electron chi connectivity index (χ0n) is 17.5. The number of benzene rings is 1. The van der Waals surface area contributed by atoms with Crippen molar-refractivity contribution in [2.75, 3.05) is 23.8 Å². The van der Waals surface area contributed by atoms with Crippen LogP contribution in [0.1, 0.15) is 38.7 Å². The molecule has 31 heavy (non-hydrogen) atoms. The molecule has 1 aliphatic heterocycles. The highest BCUT2D eigenvalue weighted by Gasteiger charge is 2.34. The van der Waals surface area contributed by atoms with Gasteiger partial charge in [0.05, 0.1) is 33.9 Å². The first kappa shape index (κ1) is 23.9. The molecule has 11 heteroatoms. The van der Waals surface area contributed by atoms with Gasteiger partial charge in [0.2, 0.25) is 5.91 Å². The number of nitrogens with zero attached hydrogens (tertiary/aromatic N) is 3. The molecule has 2 aromatic rings. The molecule has 1 aliphatic rings. The van der Waals surface area contributed by atoms with E-state index in [1.165, 1.54) is 17.8 Å². The second-order valence-corrected chi connectivity index (χ2v) is 10.9. The van der Waals surface area contributed by atoms with E-state index in [4.69, 9.17) is 0 Å². The molecule has 1 atom stereocenters. The number of amides is 1. The standard InChI is InChI=1S/C20H26F3N3O3S2/c1-3-8-25(15-7-10-31(28,29)13-15)18(27)12-30-19-24-16-6-5-14(20(21,22)23)11-17(16)26(19)9-4-2/h5-6,11,15H,3-4,7-10,12-13H2,1-2H3/t15-/m0/s1. The lowest BCUT2D eigenvalue weighted by Gasteiger charge is -2.27. The molecule has 0 unspecified atom stereocenters. The van der Waals surface area contributed by atoms with Crippen molar-refractivity contribution in [2.45, 2.75) is 57.0 Å². The highest BCUT2D eigenvalue weighted by molar-refractivity contribution is 7.99. The van der Waals surface area contributed by atoms with E-state index in [1.54, 1.807) is 9.47 Å². The molecule has 0 aliphatic carbocycles. The lowest BCUT2D eigenvalue weighted by atomic mass is 10.2. The normalized spacial score (nSPS) is 18.5. The van der Waals surface area contributed by atoms with E-state index in [-0.39, 0.29) is 29.2 Å². The number of thioether (sulfide) groups is 1. The SMILES string of the molecule is CCCN(C(=O)CSc1nc2ccc(C(F)(F)F)cc2n1CCC)[C@H]1CCS(=O)(=O)C1. The monoisotopic (exact) mass is 477 g/mol. The highest BCUT2D eigenvalue weighted by atomic mass is 32.2. The van der Waals surface area contributed by atoms with Crippen molar-refractivity contribution in [2.24, 2.45) is 0 Å². The molecule has 1 saturated heterocycles.